The molecular formula is C18H22N2O5. The number of carbonyl (C=O) groups is 2. The van der Waals surface area contributed by atoms with Gasteiger partial charge in [-0.15, -0.1) is 0 Å². The van der Waals surface area contributed by atoms with Crippen LogP contribution in [0.2, 0.25) is 0 Å². The van der Waals surface area contributed by atoms with Gasteiger partial charge in [0.1, 0.15) is 0 Å². The fraction of sp³-hybridized carbons (Fsp3) is 0.556. The molecule has 1 N–H and O–H groups in total. The average molecular weight is 346 g/mol. The van der Waals surface area contributed by atoms with Gasteiger partial charge < -0.3 is 14.6 Å². The summed E-state index contributed by atoms with van der Waals surface area (Å²) < 4.78 is 11.2. The molecule has 3 heterocycles. The number of benzene rings is 1. The van der Waals surface area contributed by atoms with Crippen LogP contribution in [0.5, 0.6) is 0 Å². The van der Waals surface area contributed by atoms with Gasteiger partial charge in [-0.2, -0.15) is 0 Å². The van der Waals surface area contributed by atoms with Crippen LogP contribution in [-0.4, -0.2) is 53.2 Å². The van der Waals surface area contributed by atoms with E-state index in [1.807, 2.05) is 19.9 Å². The molecule has 1 unspecified atom stereocenters. The van der Waals surface area contributed by atoms with Crippen LogP contribution in [0, 0.1) is 6.92 Å². The summed E-state index contributed by atoms with van der Waals surface area (Å²) in [5, 5.41) is 13.7. The number of aliphatic hydroxyl groups is 1. The topological polar surface area (TPSA) is 79.3 Å². The zero-order valence-electron chi connectivity index (χ0n) is 14.7. The Kier molecular flexibility index (Phi) is 3.48. The number of rotatable bonds is 1. The molecule has 2 saturated heterocycles. The van der Waals surface area contributed by atoms with Gasteiger partial charge in [0, 0.05) is 11.1 Å². The Hall–Kier alpha value is -1.96. The number of amides is 2. The van der Waals surface area contributed by atoms with Gasteiger partial charge in [-0.1, -0.05) is 24.6 Å². The maximum atomic E-state index is 13.3. The molecule has 7 nitrogen and oxygen atoms in total. The first-order chi connectivity index (χ1) is 11.8. The van der Waals surface area contributed by atoms with Crippen molar-refractivity contribution < 1.29 is 24.2 Å². The number of hydrazine groups is 1. The molecule has 1 aromatic rings. The van der Waals surface area contributed by atoms with E-state index in [-0.39, 0.29) is 0 Å². The van der Waals surface area contributed by atoms with Crippen molar-refractivity contribution in [2.24, 2.45) is 0 Å². The number of fused-ring (bicyclic) bond motifs is 3. The first kappa shape index (κ1) is 16.5. The van der Waals surface area contributed by atoms with Crippen LogP contribution < -0.4 is 0 Å². The molecule has 3 aliphatic heterocycles. The van der Waals surface area contributed by atoms with E-state index in [4.69, 9.17) is 9.47 Å². The highest BCUT2D eigenvalue weighted by atomic mass is 16.7. The molecule has 7 heteroatoms. The molecule has 0 bridgehead atoms. The Labute approximate surface area is 146 Å². The third-order valence-electron chi connectivity index (χ3n) is 5.21. The minimum Gasteiger partial charge on any atom is -0.378 e. The quantitative estimate of drug-likeness (QED) is 0.752. The monoisotopic (exact) mass is 346 g/mol. The molecule has 4 rings (SSSR count). The zero-order valence-corrected chi connectivity index (χ0v) is 14.7. The van der Waals surface area contributed by atoms with E-state index in [0.717, 1.165) is 11.1 Å². The summed E-state index contributed by atoms with van der Waals surface area (Å²) in [5.74, 6) is -2.58. The van der Waals surface area contributed by atoms with Gasteiger partial charge in [-0.05, 0) is 25.8 Å². The van der Waals surface area contributed by atoms with Crippen LogP contribution in [0.3, 0.4) is 0 Å². The maximum absolute atomic E-state index is 13.3. The average Bonchev–Trinajstić information content (AvgIpc) is 2.81. The van der Waals surface area contributed by atoms with Gasteiger partial charge in [-0.25, -0.2) is 10.0 Å². The van der Waals surface area contributed by atoms with Crippen molar-refractivity contribution in [1.29, 1.82) is 0 Å². The van der Waals surface area contributed by atoms with Gasteiger partial charge in [0.15, 0.2) is 5.79 Å². The van der Waals surface area contributed by atoms with Gasteiger partial charge in [0.2, 0.25) is 0 Å². The summed E-state index contributed by atoms with van der Waals surface area (Å²) in [6.07, 6.45) is 0.634. The molecule has 1 spiro atoms. The maximum Gasteiger partial charge on any atom is 0.288 e. The van der Waals surface area contributed by atoms with Crippen molar-refractivity contribution in [1.82, 2.24) is 10.0 Å². The van der Waals surface area contributed by atoms with E-state index in [9.17, 15) is 14.7 Å². The number of nitrogens with zero attached hydrogens (tertiary/aromatic N) is 2. The van der Waals surface area contributed by atoms with Crippen LogP contribution in [-0.2, 0) is 36.9 Å². The molecule has 2 fully saturated rings. The summed E-state index contributed by atoms with van der Waals surface area (Å²) >= 11 is 0. The highest BCUT2D eigenvalue weighted by molar-refractivity contribution is 6.14. The Bertz CT molecular complexity index is 749. The smallest absolute Gasteiger partial charge is 0.288 e. The second kappa shape index (κ2) is 5.27. The molecule has 134 valence electrons. The van der Waals surface area contributed by atoms with Crippen molar-refractivity contribution >= 4 is 11.8 Å². The molecule has 0 saturated carbocycles. The van der Waals surface area contributed by atoms with E-state index < -0.39 is 23.2 Å². The summed E-state index contributed by atoms with van der Waals surface area (Å²) in [6.45, 7) is 6.69. The fourth-order valence-corrected chi connectivity index (χ4v) is 4.15. The number of hydrogen-bond donors (Lipinski definition) is 1. The Balaban J connectivity index is 1.96. The summed E-state index contributed by atoms with van der Waals surface area (Å²) in [4.78, 5) is 26.6. The molecule has 1 aromatic carbocycles. The standard InChI is InChI=1S/C18H22N2O5/c1-4-12-9-11(2)10-13-14(12)18(25-17(13,3)23)15(21)19-5-7-24-8-6-20(19)16(18)22/h9-10,23H,4-8H2,1-3H3. The third-order valence-corrected chi connectivity index (χ3v) is 5.21. The van der Waals surface area contributed by atoms with Crippen LogP contribution in [0.1, 0.15) is 36.1 Å². The summed E-state index contributed by atoms with van der Waals surface area (Å²) in [6, 6.07) is 3.75. The number of aryl methyl sites for hydroxylation is 2. The van der Waals surface area contributed by atoms with Crippen molar-refractivity contribution in [3.05, 3.63) is 34.4 Å². The number of carbonyl (C=O) groups excluding carboxylic acids is 2. The van der Waals surface area contributed by atoms with Gasteiger partial charge in [-0.3, -0.25) is 9.59 Å². The fourth-order valence-electron chi connectivity index (χ4n) is 4.15. The lowest BCUT2D eigenvalue weighted by molar-refractivity contribution is -0.238. The molecule has 0 aromatic heterocycles. The lowest BCUT2D eigenvalue weighted by atomic mass is 9.84. The lowest BCUT2D eigenvalue weighted by Crippen LogP contribution is -2.44. The van der Waals surface area contributed by atoms with Gasteiger partial charge in [0.25, 0.3) is 17.4 Å². The SMILES string of the molecule is CCc1cc(C)cc2c1C1(OC2(C)O)C(=O)N2CCOCCN2C1=O. The van der Waals surface area contributed by atoms with E-state index in [0.29, 0.717) is 43.9 Å². The third kappa shape index (κ3) is 2.03. The Morgan fingerprint density at radius 1 is 1.16 bits per heavy atom. The molecule has 0 radical (unpaired) electrons. The lowest BCUT2D eigenvalue weighted by Gasteiger charge is -2.23. The number of hydrogen-bond acceptors (Lipinski definition) is 5. The first-order valence-corrected chi connectivity index (χ1v) is 8.61. The van der Waals surface area contributed by atoms with Crippen molar-refractivity contribution in [2.45, 2.75) is 38.6 Å². The van der Waals surface area contributed by atoms with Crippen LogP contribution >= 0.6 is 0 Å². The largest absolute Gasteiger partial charge is 0.378 e. The zero-order chi connectivity index (χ0) is 18.0. The molecule has 2 amide bonds. The number of ether oxygens (including phenoxy) is 2. The summed E-state index contributed by atoms with van der Waals surface area (Å²) in [7, 11) is 0. The van der Waals surface area contributed by atoms with Crippen molar-refractivity contribution in [3.8, 4) is 0 Å². The minimum absolute atomic E-state index is 0.292. The van der Waals surface area contributed by atoms with Crippen molar-refractivity contribution in [2.75, 3.05) is 26.3 Å². The van der Waals surface area contributed by atoms with Crippen molar-refractivity contribution in [3.63, 3.8) is 0 Å². The van der Waals surface area contributed by atoms with E-state index in [1.165, 1.54) is 16.9 Å². The van der Waals surface area contributed by atoms with Gasteiger partial charge in [0.05, 0.1) is 26.3 Å². The highest BCUT2D eigenvalue weighted by Crippen LogP contribution is 2.52. The predicted molar refractivity (Wildman–Crippen MR) is 87.1 cm³/mol. The Morgan fingerprint density at radius 3 is 2.32 bits per heavy atom. The second-order valence-electron chi connectivity index (χ2n) is 6.94. The second-order valence-corrected chi connectivity index (χ2v) is 6.94. The van der Waals surface area contributed by atoms with Crippen LogP contribution in [0.15, 0.2) is 12.1 Å². The predicted octanol–water partition coefficient (Wildman–Crippen LogP) is 0.564. The molecule has 25 heavy (non-hydrogen) atoms. The molecular weight excluding hydrogens is 324 g/mol. The Morgan fingerprint density at radius 2 is 1.76 bits per heavy atom. The molecule has 1 atom stereocenters. The van der Waals surface area contributed by atoms with Crippen LogP contribution in [0.4, 0.5) is 0 Å². The highest BCUT2D eigenvalue weighted by Gasteiger charge is 2.68. The molecule has 3 aliphatic rings. The van der Waals surface area contributed by atoms with Crippen LogP contribution in [0.25, 0.3) is 0 Å². The van der Waals surface area contributed by atoms with E-state index >= 15 is 0 Å². The first-order valence-electron chi connectivity index (χ1n) is 8.61. The minimum atomic E-state index is -1.80. The van der Waals surface area contributed by atoms with E-state index in [2.05, 4.69) is 0 Å². The summed E-state index contributed by atoms with van der Waals surface area (Å²) in [5.41, 5.74) is 1.02. The molecule has 0 aliphatic carbocycles. The van der Waals surface area contributed by atoms with Gasteiger partial charge >= 0.3 is 0 Å². The van der Waals surface area contributed by atoms with E-state index in [1.54, 1.807) is 6.07 Å². The normalized spacial score (nSPS) is 27.7.